The second kappa shape index (κ2) is 4.46. The van der Waals surface area contributed by atoms with Crippen LogP contribution < -0.4 is 11.5 Å². The number of H-pyrrole nitrogens is 1. The van der Waals surface area contributed by atoms with Crippen LogP contribution in [-0.4, -0.2) is 47.5 Å². The fourth-order valence-corrected chi connectivity index (χ4v) is 1.77. The van der Waals surface area contributed by atoms with Crippen molar-refractivity contribution in [1.29, 1.82) is 0 Å². The Morgan fingerprint density at radius 2 is 2.29 bits per heavy atom. The van der Waals surface area contributed by atoms with Gasteiger partial charge in [0.25, 0.3) is 5.91 Å². The molecule has 1 atom stereocenters. The fourth-order valence-electron chi connectivity index (χ4n) is 1.77. The second-order valence-corrected chi connectivity index (χ2v) is 3.84. The van der Waals surface area contributed by atoms with Crippen LogP contribution in [0.1, 0.15) is 10.5 Å². The van der Waals surface area contributed by atoms with E-state index in [1.807, 2.05) is 0 Å². The highest BCUT2D eigenvalue weighted by Crippen LogP contribution is 2.13. The van der Waals surface area contributed by atoms with E-state index in [0.717, 1.165) is 0 Å². The molecule has 1 aliphatic rings. The summed E-state index contributed by atoms with van der Waals surface area (Å²) in [6.45, 7) is 0.869. The molecular formula is C10H14N4O3. The van der Waals surface area contributed by atoms with Crippen LogP contribution in [-0.2, 0) is 9.53 Å². The molecule has 2 heterocycles. The van der Waals surface area contributed by atoms with Crippen LogP contribution in [0.15, 0.2) is 12.3 Å². The van der Waals surface area contributed by atoms with Gasteiger partial charge in [0, 0.05) is 18.4 Å². The SMILES string of the molecule is NC(=O)C1COCCN1C(=O)c1cc(N)c[nH]1. The van der Waals surface area contributed by atoms with Crippen molar-refractivity contribution in [3.8, 4) is 0 Å². The Labute approximate surface area is 97.7 Å². The number of amides is 2. The Morgan fingerprint density at radius 1 is 1.53 bits per heavy atom. The molecule has 1 aromatic heterocycles. The summed E-state index contributed by atoms with van der Waals surface area (Å²) in [5.41, 5.74) is 11.6. The molecule has 0 aliphatic carbocycles. The Hall–Kier alpha value is -2.02. The molecule has 0 bridgehead atoms. The van der Waals surface area contributed by atoms with Gasteiger partial charge >= 0.3 is 0 Å². The van der Waals surface area contributed by atoms with Gasteiger partial charge in [0.15, 0.2) is 0 Å². The zero-order valence-corrected chi connectivity index (χ0v) is 9.18. The maximum atomic E-state index is 12.1. The molecule has 17 heavy (non-hydrogen) atoms. The molecule has 1 aliphatic heterocycles. The topological polar surface area (TPSA) is 114 Å². The van der Waals surface area contributed by atoms with Crippen LogP contribution in [0.4, 0.5) is 5.69 Å². The third kappa shape index (κ3) is 2.23. The summed E-state index contributed by atoms with van der Waals surface area (Å²) in [5.74, 6) is -0.869. The number of rotatable bonds is 2. The lowest BCUT2D eigenvalue weighted by atomic mass is 10.2. The number of morpholine rings is 1. The number of hydrogen-bond donors (Lipinski definition) is 3. The minimum Gasteiger partial charge on any atom is -0.397 e. The molecule has 1 saturated heterocycles. The van der Waals surface area contributed by atoms with Crippen LogP contribution in [0, 0.1) is 0 Å². The summed E-state index contributed by atoms with van der Waals surface area (Å²) < 4.78 is 5.14. The Balaban J connectivity index is 2.19. The van der Waals surface area contributed by atoms with E-state index in [1.165, 1.54) is 17.2 Å². The molecule has 0 radical (unpaired) electrons. The van der Waals surface area contributed by atoms with Crippen molar-refractivity contribution < 1.29 is 14.3 Å². The number of aromatic nitrogens is 1. The highest BCUT2D eigenvalue weighted by molar-refractivity contribution is 5.96. The van der Waals surface area contributed by atoms with Crippen molar-refractivity contribution in [3.63, 3.8) is 0 Å². The van der Waals surface area contributed by atoms with Crippen LogP contribution in [0.5, 0.6) is 0 Å². The summed E-state index contributed by atoms with van der Waals surface area (Å²) in [4.78, 5) is 27.5. The number of ether oxygens (including phenoxy) is 1. The van der Waals surface area contributed by atoms with Gasteiger partial charge in [-0.05, 0) is 6.07 Å². The van der Waals surface area contributed by atoms with E-state index < -0.39 is 11.9 Å². The number of nitrogen functional groups attached to an aromatic ring is 1. The molecular weight excluding hydrogens is 224 g/mol. The van der Waals surface area contributed by atoms with Crippen molar-refractivity contribution >= 4 is 17.5 Å². The van der Waals surface area contributed by atoms with Gasteiger partial charge in [-0.1, -0.05) is 0 Å². The molecule has 1 fully saturated rings. The van der Waals surface area contributed by atoms with Gasteiger partial charge < -0.3 is 26.1 Å². The van der Waals surface area contributed by atoms with Crippen molar-refractivity contribution in [3.05, 3.63) is 18.0 Å². The normalized spacial score (nSPS) is 20.2. The number of aromatic amines is 1. The first kappa shape index (κ1) is 11.5. The number of carbonyl (C=O) groups excluding carboxylic acids is 2. The van der Waals surface area contributed by atoms with Gasteiger partial charge in [-0.25, -0.2) is 0 Å². The number of anilines is 1. The van der Waals surface area contributed by atoms with E-state index in [0.29, 0.717) is 24.5 Å². The van der Waals surface area contributed by atoms with E-state index in [9.17, 15) is 9.59 Å². The minimum atomic E-state index is -0.722. The molecule has 1 unspecified atom stereocenters. The van der Waals surface area contributed by atoms with Crippen molar-refractivity contribution in [2.75, 3.05) is 25.5 Å². The van der Waals surface area contributed by atoms with Gasteiger partial charge in [-0.2, -0.15) is 0 Å². The lowest BCUT2D eigenvalue weighted by molar-refractivity contribution is -0.127. The molecule has 0 saturated carbocycles. The largest absolute Gasteiger partial charge is 0.397 e. The van der Waals surface area contributed by atoms with Gasteiger partial charge in [-0.15, -0.1) is 0 Å². The quantitative estimate of drug-likeness (QED) is 0.608. The molecule has 1 aromatic rings. The summed E-state index contributed by atoms with van der Waals surface area (Å²) >= 11 is 0. The summed E-state index contributed by atoms with van der Waals surface area (Å²) in [6.07, 6.45) is 1.52. The van der Waals surface area contributed by atoms with Crippen molar-refractivity contribution in [1.82, 2.24) is 9.88 Å². The third-order valence-corrected chi connectivity index (χ3v) is 2.65. The summed E-state index contributed by atoms with van der Waals surface area (Å²) in [6, 6.07) is 0.802. The van der Waals surface area contributed by atoms with Crippen LogP contribution in [0.3, 0.4) is 0 Å². The molecule has 7 nitrogen and oxygen atoms in total. The first-order valence-corrected chi connectivity index (χ1v) is 5.21. The van der Waals surface area contributed by atoms with Crippen LogP contribution in [0.2, 0.25) is 0 Å². The Morgan fingerprint density at radius 3 is 2.88 bits per heavy atom. The molecule has 0 aromatic carbocycles. The van der Waals surface area contributed by atoms with Crippen LogP contribution in [0.25, 0.3) is 0 Å². The van der Waals surface area contributed by atoms with E-state index >= 15 is 0 Å². The molecule has 7 heteroatoms. The predicted molar refractivity (Wildman–Crippen MR) is 60.0 cm³/mol. The summed E-state index contributed by atoms with van der Waals surface area (Å²) in [7, 11) is 0. The third-order valence-electron chi connectivity index (χ3n) is 2.65. The minimum absolute atomic E-state index is 0.136. The van der Waals surface area contributed by atoms with Crippen molar-refractivity contribution in [2.24, 2.45) is 5.73 Å². The lowest BCUT2D eigenvalue weighted by Crippen LogP contribution is -2.54. The Bertz CT molecular complexity index is 443. The Kier molecular flexibility index (Phi) is 3.01. The fraction of sp³-hybridized carbons (Fsp3) is 0.400. The predicted octanol–water partition coefficient (Wildman–Crippen LogP) is -1.08. The van der Waals surface area contributed by atoms with E-state index in [4.69, 9.17) is 16.2 Å². The molecule has 2 rings (SSSR count). The van der Waals surface area contributed by atoms with Crippen LogP contribution >= 0.6 is 0 Å². The number of carbonyl (C=O) groups is 2. The smallest absolute Gasteiger partial charge is 0.271 e. The molecule has 2 amide bonds. The number of nitrogens with two attached hydrogens (primary N) is 2. The van der Waals surface area contributed by atoms with Gasteiger partial charge in [0.1, 0.15) is 11.7 Å². The van der Waals surface area contributed by atoms with Gasteiger partial charge in [0.2, 0.25) is 5.91 Å². The first-order valence-electron chi connectivity index (χ1n) is 5.21. The maximum absolute atomic E-state index is 12.1. The second-order valence-electron chi connectivity index (χ2n) is 3.84. The van der Waals surface area contributed by atoms with Gasteiger partial charge in [-0.3, -0.25) is 9.59 Å². The lowest BCUT2D eigenvalue weighted by Gasteiger charge is -2.33. The monoisotopic (exact) mass is 238 g/mol. The number of primary amides is 1. The summed E-state index contributed by atoms with van der Waals surface area (Å²) in [5, 5.41) is 0. The zero-order chi connectivity index (χ0) is 12.4. The number of nitrogens with zero attached hydrogens (tertiary/aromatic N) is 1. The van der Waals surface area contributed by atoms with E-state index in [1.54, 1.807) is 0 Å². The van der Waals surface area contributed by atoms with Crippen molar-refractivity contribution in [2.45, 2.75) is 6.04 Å². The van der Waals surface area contributed by atoms with Gasteiger partial charge in [0.05, 0.1) is 13.2 Å². The average molecular weight is 238 g/mol. The number of nitrogens with one attached hydrogen (secondary N) is 1. The number of hydrogen-bond acceptors (Lipinski definition) is 4. The molecule has 92 valence electrons. The van der Waals surface area contributed by atoms with E-state index in [-0.39, 0.29) is 12.5 Å². The average Bonchev–Trinajstić information content (AvgIpc) is 2.75. The zero-order valence-electron chi connectivity index (χ0n) is 9.18. The maximum Gasteiger partial charge on any atom is 0.271 e. The highest BCUT2D eigenvalue weighted by Gasteiger charge is 2.32. The highest BCUT2D eigenvalue weighted by atomic mass is 16.5. The first-order chi connectivity index (χ1) is 8.09. The molecule has 5 N–H and O–H groups in total. The molecule has 0 spiro atoms. The standard InChI is InChI=1S/C10H14N4O3/c11-6-3-7(13-4-6)10(16)14-1-2-17-5-8(14)9(12)15/h3-4,8,13H,1-2,5,11H2,(H2,12,15). The van der Waals surface area contributed by atoms with E-state index in [2.05, 4.69) is 4.98 Å².